The van der Waals surface area contributed by atoms with Crippen molar-refractivity contribution in [3.05, 3.63) is 70.1 Å². The van der Waals surface area contributed by atoms with Gasteiger partial charge in [-0.15, -0.1) is 50.4 Å². The molecule has 5 aromatic heterocycles. The van der Waals surface area contributed by atoms with Gasteiger partial charge in [-0.3, -0.25) is 0 Å². The number of thiophene rings is 4. The first kappa shape index (κ1) is 66.0. The van der Waals surface area contributed by atoms with Crippen molar-refractivity contribution in [3.8, 4) is 39.7 Å². The second-order valence-electron chi connectivity index (χ2n) is 24.5. The molecule has 440 valence electrons. The predicted molar refractivity (Wildman–Crippen MR) is 362 cm³/mol. The second-order valence-corrected chi connectivity index (χ2v) is 29.7. The summed E-state index contributed by atoms with van der Waals surface area (Å²) in [5, 5.41) is 4.74. The molecule has 7 heteroatoms. The minimum Gasteiger partial charge on any atom is -0.139 e. The topological polar surface area (TPSA) is 25.8 Å². The molecule has 0 aliphatic rings. The highest BCUT2D eigenvalue weighted by molar-refractivity contribution is 7.29. The van der Waals surface area contributed by atoms with E-state index in [1.807, 2.05) is 45.3 Å². The highest BCUT2D eigenvalue weighted by Gasteiger charge is 2.23. The first-order valence-corrected chi connectivity index (χ1v) is 37.6. The number of aromatic nitrogens is 2. The molecule has 2 atom stereocenters. The molecule has 0 saturated carbocycles. The van der Waals surface area contributed by atoms with Crippen LogP contribution in [0.5, 0.6) is 0 Å². The number of hydrogen-bond donors (Lipinski definition) is 0. The van der Waals surface area contributed by atoms with Crippen LogP contribution in [0.2, 0.25) is 0 Å². The molecule has 0 radical (unpaired) electrons. The number of benzene rings is 1. The van der Waals surface area contributed by atoms with Crippen molar-refractivity contribution < 1.29 is 0 Å². The summed E-state index contributed by atoms with van der Waals surface area (Å²) in [6, 6.07) is 19.6. The summed E-state index contributed by atoms with van der Waals surface area (Å²) in [7, 11) is 0. The van der Waals surface area contributed by atoms with E-state index in [2.05, 4.69) is 94.6 Å². The molecule has 2 nitrogen and oxygen atoms in total. The lowest BCUT2D eigenvalue weighted by molar-refractivity contribution is 0.400. The maximum atomic E-state index is 4.74. The van der Waals surface area contributed by atoms with Crippen LogP contribution in [0.3, 0.4) is 0 Å². The number of hydrogen-bond acceptors (Lipinski definition) is 7. The van der Waals surface area contributed by atoms with E-state index in [0.29, 0.717) is 0 Å². The number of nitrogens with zero attached hydrogens (tertiary/aromatic N) is 2. The zero-order chi connectivity index (χ0) is 55.5. The van der Waals surface area contributed by atoms with Gasteiger partial charge in [0.25, 0.3) is 0 Å². The van der Waals surface area contributed by atoms with Gasteiger partial charge in [0, 0.05) is 44.6 Å². The fourth-order valence-corrected chi connectivity index (χ4v) is 17.8. The Labute approximate surface area is 505 Å². The van der Waals surface area contributed by atoms with Gasteiger partial charge in [0.15, 0.2) is 0 Å². The lowest BCUT2D eigenvalue weighted by Crippen LogP contribution is -2.05. The summed E-state index contributed by atoms with van der Waals surface area (Å²) in [5.74, 6) is 1.52. The lowest BCUT2D eigenvalue weighted by Gasteiger charge is -2.17. The lowest BCUT2D eigenvalue weighted by atomic mass is 9.88. The van der Waals surface area contributed by atoms with E-state index in [1.54, 1.807) is 27.5 Å². The number of rotatable bonds is 48. The minimum atomic E-state index is 0.729. The predicted octanol–water partition coefficient (Wildman–Crippen LogP) is 27.2. The van der Waals surface area contributed by atoms with Gasteiger partial charge in [-0.25, -0.2) is 0 Å². The van der Waals surface area contributed by atoms with Gasteiger partial charge < -0.3 is 0 Å². The molecule has 6 rings (SSSR count). The van der Waals surface area contributed by atoms with Crippen LogP contribution in [-0.2, 0) is 12.8 Å². The normalized spacial score (nSPS) is 12.7. The third-order valence-electron chi connectivity index (χ3n) is 17.4. The van der Waals surface area contributed by atoms with Crippen LogP contribution in [0.25, 0.3) is 49.9 Å². The SMILES string of the molecule is CCCCCCCCCCCCC(CCCCCCCCCC)Cc1cc(C)sc1-c1ccc(-c2ccc(-c3sc(-c4ccc(C)c5snnc45)cc3CC(CCCCCCCCCC)CCCCCCCCCCCC)s2)s1. The Morgan fingerprint density at radius 3 is 1.11 bits per heavy atom. The number of fused-ring (bicyclic) bond motifs is 1. The first-order chi connectivity index (χ1) is 38.9. The molecule has 5 heterocycles. The van der Waals surface area contributed by atoms with Crippen molar-refractivity contribution in [1.29, 1.82) is 0 Å². The fraction of sp³-hybridized carbons (Fsp3) is 0.694. The Balaban J connectivity index is 1.17. The molecule has 0 aliphatic carbocycles. The quantitative estimate of drug-likeness (QED) is 0.0356. The summed E-state index contributed by atoms with van der Waals surface area (Å²) in [6.45, 7) is 13.9. The van der Waals surface area contributed by atoms with E-state index in [0.717, 1.165) is 17.4 Å². The van der Waals surface area contributed by atoms with Crippen LogP contribution in [-0.4, -0.2) is 9.59 Å². The molecule has 79 heavy (non-hydrogen) atoms. The second kappa shape index (κ2) is 40.2. The van der Waals surface area contributed by atoms with Crippen LogP contribution in [0.4, 0.5) is 0 Å². The fourth-order valence-electron chi connectivity index (χ4n) is 12.5. The summed E-state index contributed by atoms with van der Waals surface area (Å²) in [4.78, 5) is 11.6. The zero-order valence-corrected chi connectivity index (χ0v) is 55.5. The van der Waals surface area contributed by atoms with E-state index in [-0.39, 0.29) is 0 Å². The molecular formula is C72H112N2S5. The molecule has 2 unspecified atom stereocenters. The summed E-state index contributed by atoms with van der Waals surface area (Å²) < 4.78 is 5.70. The van der Waals surface area contributed by atoms with Gasteiger partial charge in [0.2, 0.25) is 0 Å². The maximum absolute atomic E-state index is 4.74. The van der Waals surface area contributed by atoms with Crippen molar-refractivity contribution in [3.63, 3.8) is 0 Å². The van der Waals surface area contributed by atoms with Gasteiger partial charge in [-0.05, 0) is 103 Å². The Hall–Kier alpha value is -2.16. The van der Waals surface area contributed by atoms with Crippen LogP contribution < -0.4 is 0 Å². The Morgan fingerprint density at radius 2 is 0.709 bits per heavy atom. The summed E-state index contributed by atoms with van der Waals surface area (Å²) >= 11 is 9.68. The molecule has 0 spiro atoms. The van der Waals surface area contributed by atoms with Crippen LogP contribution in [0, 0.1) is 25.7 Å². The van der Waals surface area contributed by atoms with Gasteiger partial charge in [-0.2, -0.15) is 0 Å². The van der Waals surface area contributed by atoms with E-state index in [4.69, 9.17) is 5.10 Å². The molecule has 6 aromatic rings. The summed E-state index contributed by atoms with van der Waals surface area (Å²) in [5.41, 5.74) is 6.79. The minimum absolute atomic E-state index is 0.729. The standard InChI is InChI=1S/C72H112N2S5/c1-7-11-15-19-23-27-29-33-37-40-44-59(43-39-35-31-25-21-17-13-9-3)54-61-53-58(6)75-71(61)66-51-49-64(76-66)65-50-52-67(77-65)72-62(56-68(78-72)63-48-47-57(5)70-69(63)73-74-79-70)55-60(45-41-36-32-26-22-18-14-10-4)46-42-38-34-30-28-24-20-16-12-8-2/h47-53,56,59-60H,7-46,54-55H2,1-6H3. The van der Waals surface area contributed by atoms with Crippen LogP contribution >= 0.6 is 56.9 Å². The molecule has 0 amide bonds. The van der Waals surface area contributed by atoms with Crippen molar-refractivity contribution in [1.82, 2.24) is 9.59 Å². The third-order valence-corrected chi connectivity index (χ3v) is 23.3. The highest BCUT2D eigenvalue weighted by Crippen LogP contribution is 2.48. The van der Waals surface area contributed by atoms with Crippen LogP contribution in [0.1, 0.15) is 306 Å². The van der Waals surface area contributed by atoms with Gasteiger partial charge in [0.1, 0.15) is 5.52 Å². The van der Waals surface area contributed by atoms with Crippen molar-refractivity contribution in [2.75, 3.05) is 0 Å². The average Bonchev–Trinajstić information content (AvgIpc) is 4.47. The number of aryl methyl sites for hydroxylation is 2. The van der Waals surface area contributed by atoms with Gasteiger partial charge >= 0.3 is 0 Å². The Morgan fingerprint density at radius 1 is 0.354 bits per heavy atom. The molecule has 0 bridgehead atoms. The first-order valence-electron chi connectivity index (χ1n) is 33.6. The molecule has 0 N–H and O–H groups in total. The monoisotopic (exact) mass is 1160 g/mol. The summed E-state index contributed by atoms with van der Waals surface area (Å²) in [6.07, 6.45) is 58.7. The van der Waals surface area contributed by atoms with Crippen molar-refractivity contribution in [2.45, 2.75) is 311 Å². The van der Waals surface area contributed by atoms with Crippen molar-refractivity contribution >= 4 is 67.1 Å². The number of unbranched alkanes of at least 4 members (excludes halogenated alkanes) is 32. The molecule has 0 saturated heterocycles. The van der Waals surface area contributed by atoms with E-state index < -0.39 is 0 Å². The molecule has 0 aliphatic heterocycles. The molecular weight excluding hydrogens is 1050 g/mol. The van der Waals surface area contributed by atoms with Crippen molar-refractivity contribution in [2.24, 2.45) is 11.8 Å². The van der Waals surface area contributed by atoms with E-state index in [1.165, 1.54) is 320 Å². The Kier molecular flexibility index (Phi) is 33.5. The Bertz CT molecular complexity index is 2460. The maximum Gasteiger partial charge on any atom is 0.114 e. The molecule has 0 fully saturated rings. The van der Waals surface area contributed by atoms with Crippen LogP contribution in [0.15, 0.2) is 48.5 Å². The zero-order valence-electron chi connectivity index (χ0n) is 51.4. The third kappa shape index (κ3) is 24.2. The molecule has 1 aromatic carbocycles. The average molecular weight is 1170 g/mol. The smallest absolute Gasteiger partial charge is 0.114 e. The van der Waals surface area contributed by atoms with Gasteiger partial charge in [0.05, 0.1) is 4.70 Å². The largest absolute Gasteiger partial charge is 0.139 e. The van der Waals surface area contributed by atoms with Gasteiger partial charge in [-0.1, -0.05) is 301 Å². The highest BCUT2D eigenvalue weighted by atomic mass is 32.1. The van der Waals surface area contributed by atoms with E-state index in [9.17, 15) is 0 Å². The van der Waals surface area contributed by atoms with E-state index >= 15 is 0 Å².